The van der Waals surface area contributed by atoms with Crippen LogP contribution in [0.1, 0.15) is 41.9 Å². The summed E-state index contributed by atoms with van der Waals surface area (Å²) in [5, 5.41) is 0. The van der Waals surface area contributed by atoms with E-state index in [0.717, 1.165) is 30.4 Å². The quantitative estimate of drug-likeness (QED) is 0.285. The molecule has 2 saturated heterocycles. The summed E-state index contributed by atoms with van der Waals surface area (Å²) in [5.74, 6) is 0.478. The van der Waals surface area contributed by atoms with Crippen molar-refractivity contribution in [2.24, 2.45) is 0 Å². The van der Waals surface area contributed by atoms with Gasteiger partial charge in [-0.05, 0) is 42.3 Å². The first-order chi connectivity index (χ1) is 18.6. The number of benzene rings is 2. The summed E-state index contributed by atoms with van der Waals surface area (Å²) < 4.78 is 106. The molecule has 2 aromatic carbocycles. The van der Waals surface area contributed by atoms with Gasteiger partial charge in [-0.25, -0.2) is 9.18 Å². The Kier molecular flexibility index (Phi) is 10.5. The van der Waals surface area contributed by atoms with E-state index in [1.807, 2.05) is 0 Å². The van der Waals surface area contributed by atoms with Crippen molar-refractivity contribution in [2.45, 2.75) is 49.6 Å². The van der Waals surface area contributed by atoms with Gasteiger partial charge in [0.25, 0.3) is 0 Å². The fourth-order valence-corrected chi connectivity index (χ4v) is 6.84. The lowest BCUT2D eigenvalue weighted by molar-refractivity contribution is -0.143. The summed E-state index contributed by atoms with van der Waals surface area (Å²) in [7, 11) is 2.61. The maximum absolute atomic E-state index is 13.7. The van der Waals surface area contributed by atoms with Crippen LogP contribution in [0.4, 0.5) is 41.2 Å². The lowest BCUT2D eigenvalue weighted by Crippen LogP contribution is -2.55. The summed E-state index contributed by atoms with van der Waals surface area (Å²) >= 11 is -0.839. The van der Waals surface area contributed by atoms with E-state index in [1.54, 1.807) is 12.1 Å². The molecule has 14 heteroatoms. The van der Waals surface area contributed by atoms with Gasteiger partial charge >= 0.3 is 18.4 Å². The Morgan fingerprint density at radius 3 is 1.98 bits per heavy atom. The lowest BCUT2D eigenvalue weighted by Gasteiger charge is -2.46. The smallest absolute Gasteiger partial charge is 0.416 e. The van der Waals surface area contributed by atoms with Crippen LogP contribution in [0.25, 0.3) is 0 Å². The van der Waals surface area contributed by atoms with Gasteiger partial charge in [0.1, 0.15) is 17.3 Å². The first-order valence-electron chi connectivity index (χ1n) is 12.8. The van der Waals surface area contributed by atoms with E-state index in [1.165, 1.54) is 24.1 Å². The fourth-order valence-electron chi connectivity index (χ4n) is 5.57. The molecular weight excluding hydrogens is 599 g/mol. The molecule has 0 aliphatic carbocycles. The highest BCUT2D eigenvalue weighted by atomic mass is 35.5. The van der Waals surface area contributed by atoms with Gasteiger partial charge in [0.2, 0.25) is 0 Å². The standard InChI is InChI=1S/C27H30F7N3O2S.ClH/c1-35(22-14-18(26(29,30)31)13-19(15-22)27(32,33)34)25(38)36(2)24-7-10-37(21-8-11-40(39)12-9-21)16-23(24)17-3-5-20(28)6-4-17;/h3-6,13-15,21,23-24H,7-12,16H2,1-2H3;1H/t21?,23-,24+,40?;/m0./s1. The van der Waals surface area contributed by atoms with E-state index in [4.69, 9.17) is 0 Å². The third kappa shape index (κ3) is 7.79. The van der Waals surface area contributed by atoms with Crippen LogP contribution in [0, 0.1) is 5.82 Å². The Bertz CT molecular complexity index is 1160. The predicted molar refractivity (Wildman–Crippen MR) is 145 cm³/mol. The molecule has 0 spiro atoms. The van der Waals surface area contributed by atoms with E-state index in [2.05, 4.69) is 4.90 Å². The highest BCUT2D eigenvalue weighted by molar-refractivity contribution is 7.91. The molecule has 0 saturated carbocycles. The average molecular weight is 630 g/mol. The molecule has 2 aromatic rings. The maximum Gasteiger partial charge on any atom is 0.416 e. The number of alkyl halides is 6. The molecule has 41 heavy (non-hydrogen) atoms. The summed E-state index contributed by atoms with van der Waals surface area (Å²) in [6.07, 6.45) is -8.08. The normalized spacial score (nSPS) is 24.0. The van der Waals surface area contributed by atoms with Crippen LogP contribution >= 0.6 is 12.4 Å². The number of hydrogen-bond donors (Lipinski definition) is 0. The minimum absolute atomic E-state index is 0. The van der Waals surface area contributed by atoms with Gasteiger partial charge in [-0.2, -0.15) is 26.3 Å². The van der Waals surface area contributed by atoms with E-state index >= 15 is 0 Å². The zero-order chi connectivity index (χ0) is 29.4. The third-order valence-electron chi connectivity index (χ3n) is 7.83. The lowest BCUT2D eigenvalue weighted by atomic mass is 9.84. The molecule has 0 aromatic heterocycles. The monoisotopic (exact) mass is 629 g/mol. The number of nitrogens with zero attached hydrogens (tertiary/aromatic N) is 3. The molecular formula is C27H31ClF7N3O2S. The second kappa shape index (κ2) is 13.0. The zero-order valence-corrected chi connectivity index (χ0v) is 24.0. The zero-order valence-electron chi connectivity index (χ0n) is 22.3. The van der Waals surface area contributed by atoms with E-state index in [9.17, 15) is 40.1 Å². The minimum Gasteiger partial charge on any atom is -0.616 e. The number of urea groups is 1. The molecule has 5 nitrogen and oxygen atoms in total. The Labute approximate surface area is 243 Å². The number of likely N-dealkylation sites (N-methyl/N-ethyl adjacent to an activating group) is 1. The van der Waals surface area contributed by atoms with Gasteiger partial charge in [-0.1, -0.05) is 23.3 Å². The number of likely N-dealkylation sites (tertiary alicyclic amines) is 1. The van der Waals surface area contributed by atoms with Gasteiger partial charge < -0.3 is 9.45 Å². The van der Waals surface area contributed by atoms with Crippen LogP contribution in [-0.4, -0.2) is 71.2 Å². The van der Waals surface area contributed by atoms with Gasteiger partial charge in [0.05, 0.1) is 11.1 Å². The van der Waals surface area contributed by atoms with Crippen molar-refractivity contribution in [1.82, 2.24) is 9.80 Å². The highest BCUT2D eigenvalue weighted by Gasteiger charge is 2.41. The van der Waals surface area contributed by atoms with E-state index in [-0.39, 0.29) is 30.4 Å². The highest BCUT2D eigenvalue weighted by Crippen LogP contribution is 2.39. The molecule has 0 bridgehead atoms. The van der Waals surface area contributed by atoms with Crippen LogP contribution in [0.15, 0.2) is 42.5 Å². The first kappa shape index (κ1) is 33.3. The topological polar surface area (TPSA) is 49.9 Å². The van der Waals surface area contributed by atoms with Crippen LogP contribution in [0.5, 0.6) is 0 Å². The molecule has 2 atom stereocenters. The van der Waals surface area contributed by atoms with Crippen molar-refractivity contribution in [1.29, 1.82) is 0 Å². The molecule has 2 aliphatic rings. The number of carbonyl (C=O) groups is 1. The van der Waals surface area contributed by atoms with Crippen molar-refractivity contribution >= 4 is 35.3 Å². The Morgan fingerprint density at radius 2 is 1.46 bits per heavy atom. The van der Waals surface area contributed by atoms with Crippen LogP contribution in [0.2, 0.25) is 0 Å². The molecule has 228 valence electrons. The second-order valence-corrected chi connectivity index (χ2v) is 12.0. The van der Waals surface area contributed by atoms with Crippen molar-refractivity contribution in [2.75, 3.05) is 43.6 Å². The number of hydrogen-bond acceptors (Lipinski definition) is 3. The van der Waals surface area contributed by atoms with Crippen LogP contribution in [0.3, 0.4) is 0 Å². The minimum atomic E-state index is -5.04. The fraction of sp³-hybridized carbons (Fsp3) is 0.519. The van der Waals surface area contributed by atoms with Crippen molar-refractivity contribution in [3.8, 4) is 0 Å². The average Bonchev–Trinajstić information content (AvgIpc) is 2.91. The summed E-state index contributed by atoms with van der Waals surface area (Å²) in [6, 6.07) is 5.90. The van der Waals surface area contributed by atoms with Crippen LogP contribution in [-0.2, 0) is 23.5 Å². The van der Waals surface area contributed by atoms with E-state index in [0.29, 0.717) is 43.1 Å². The number of carbonyl (C=O) groups excluding carboxylic acids is 1. The Hall–Kier alpha value is -2.22. The molecule has 0 N–H and O–H groups in total. The molecule has 2 amide bonds. The molecule has 0 radical (unpaired) electrons. The molecule has 2 heterocycles. The third-order valence-corrected chi connectivity index (χ3v) is 9.21. The van der Waals surface area contributed by atoms with Gasteiger partial charge in [-0.15, -0.1) is 12.4 Å². The van der Waals surface area contributed by atoms with Gasteiger partial charge in [0.15, 0.2) is 0 Å². The number of anilines is 1. The summed E-state index contributed by atoms with van der Waals surface area (Å²) in [5.41, 5.74) is -2.79. The second-order valence-electron chi connectivity index (χ2n) is 10.3. The maximum atomic E-state index is 13.7. The molecule has 2 fully saturated rings. The molecule has 4 rings (SSSR count). The molecule has 2 aliphatic heterocycles. The first-order valence-corrected chi connectivity index (χ1v) is 14.3. The van der Waals surface area contributed by atoms with Gasteiger partial charge in [-0.3, -0.25) is 9.80 Å². The van der Waals surface area contributed by atoms with Crippen molar-refractivity contribution < 1.29 is 40.1 Å². The SMILES string of the molecule is CN(C(=O)N(C)[C@@H]1CCN(C2CC[S+]([O-])CC2)C[C@H]1c1ccc(F)cc1)c1cc(C(F)(F)F)cc(C(F)(F)F)c1.Cl. The number of piperidine rings is 1. The largest absolute Gasteiger partial charge is 0.616 e. The number of rotatable bonds is 4. The predicted octanol–water partition coefficient (Wildman–Crippen LogP) is 6.54. The van der Waals surface area contributed by atoms with Crippen molar-refractivity contribution in [3.63, 3.8) is 0 Å². The number of amides is 2. The molecule has 0 unspecified atom stereocenters. The van der Waals surface area contributed by atoms with Gasteiger partial charge in [0, 0.05) is 63.7 Å². The van der Waals surface area contributed by atoms with E-state index < -0.39 is 58.2 Å². The number of halogens is 8. The summed E-state index contributed by atoms with van der Waals surface area (Å²) in [4.78, 5) is 17.9. The van der Waals surface area contributed by atoms with Crippen LogP contribution < -0.4 is 4.90 Å². The Balaban J connectivity index is 0.00000462. The summed E-state index contributed by atoms with van der Waals surface area (Å²) in [6.45, 7) is 1.11. The Morgan fingerprint density at radius 1 is 0.927 bits per heavy atom. The van der Waals surface area contributed by atoms with Crippen molar-refractivity contribution in [3.05, 3.63) is 65.0 Å².